The van der Waals surface area contributed by atoms with Crippen LogP contribution in [0.3, 0.4) is 0 Å². The largest absolute Gasteiger partial charge is 0.463 e. The number of carbonyl (C=O) groups is 2. The van der Waals surface area contributed by atoms with Crippen molar-refractivity contribution < 1.29 is 27.2 Å². The van der Waals surface area contributed by atoms with Gasteiger partial charge in [-0.15, -0.1) is 0 Å². The van der Waals surface area contributed by atoms with Crippen molar-refractivity contribution in [3.05, 3.63) is 65.5 Å². The van der Waals surface area contributed by atoms with Crippen molar-refractivity contribution in [2.45, 2.75) is 13.1 Å². The highest BCUT2D eigenvalue weighted by molar-refractivity contribution is 6.15. The summed E-state index contributed by atoms with van der Waals surface area (Å²) in [5, 5.41) is 9.27. The Hall–Kier alpha value is -4.15. The third-order valence-electron chi connectivity index (χ3n) is 4.86. The highest BCUT2D eigenvalue weighted by Gasteiger charge is 2.28. The molecule has 4 rings (SSSR count). The number of halogens is 3. The number of amides is 2. The highest BCUT2D eigenvalue weighted by atomic mass is 19.4. The van der Waals surface area contributed by atoms with Crippen LogP contribution in [-0.2, 0) is 7.05 Å². The van der Waals surface area contributed by atoms with Crippen LogP contribution >= 0.6 is 0 Å². The molecular weight excluding hydrogens is 439 g/mol. The average Bonchev–Trinajstić information content (AvgIpc) is 3.40. The summed E-state index contributed by atoms with van der Waals surface area (Å²) in [6, 6.07) is 10.7. The second kappa shape index (κ2) is 8.41. The molecule has 33 heavy (non-hydrogen) atoms. The Balaban J connectivity index is 1.72. The van der Waals surface area contributed by atoms with E-state index in [1.165, 1.54) is 35.2 Å². The number of benzene rings is 1. The number of hydrogen-bond donors (Lipinski definition) is 2. The molecule has 0 aliphatic rings. The Labute approximate surface area is 185 Å². The lowest BCUT2D eigenvalue weighted by Crippen LogP contribution is -2.34. The van der Waals surface area contributed by atoms with Gasteiger partial charge in [0.15, 0.2) is 11.4 Å². The first-order valence-corrected chi connectivity index (χ1v) is 9.77. The molecule has 170 valence electrons. The van der Waals surface area contributed by atoms with E-state index in [1.807, 2.05) is 5.32 Å². The lowest BCUT2D eigenvalue weighted by atomic mass is 10.1. The van der Waals surface area contributed by atoms with Crippen molar-refractivity contribution in [1.29, 1.82) is 0 Å². The van der Waals surface area contributed by atoms with Crippen molar-refractivity contribution in [2.24, 2.45) is 7.05 Å². The van der Waals surface area contributed by atoms with Crippen LogP contribution in [-0.4, -0.2) is 39.3 Å². The molecule has 8 nitrogen and oxygen atoms in total. The summed E-state index contributed by atoms with van der Waals surface area (Å²) in [6.07, 6.45) is -3.08. The number of pyridine rings is 1. The van der Waals surface area contributed by atoms with Gasteiger partial charge in [-0.2, -0.15) is 18.3 Å². The number of hydrogen-bond acceptors (Lipinski definition) is 5. The first-order valence-electron chi connectivity index (χ1n) is 9.77. The van der Waals surface area contributed by atoms with Gasteiger partial charge in [-0.3, -0.25) is 14.3 Å². The molecular formula is C22H18F3N5O3. The zero-order valence-corrected chi connectivity index (χ0v) is 17.5. The van der Waals surface area contributed by atoms with E-state index < -0.39 is 24.5 Å². The van der Waals surface area contributed by atoms with Crippen LogP contribution in [0.5, 0.6) is 0 Å². The molecule has 3 aromatic heterocycles. The van der Waals surface area contributed by atoms with Gasteiger partial charge in [0.05, 0.1) is 34.2 Å². The molecule has 4 aromatic rings. The molecule has 0 saturated heterocycles. The standard InChI is InChI=1S/C22H18F3N5O3/c1-12-18-14(10-16(17-8-5-9-33-17)27-19(18)30(2)29-12)21(32)28-15-7-4-3-6-13(15)20(31)26-11-22(23,24)25/h3-10H,11H2,1-2H3,(H,26,31)(H,28,32). The monoisotopic (exact) mass is 457 g/mol. The number of nitrogens with zero attached hydrogens (tertiary/aromatic N) is 3. The van der Waals surface area contributed by atoms with E-state index in [9.17, 15) is 22.8 Å². The van der Waals surface area contributed by atoms with Gasteiger partial charge in [-0.1, -0.05) is 12.1 Å². The van der Waals surface area contributed by atoms with Gasteiger partial charge < -0.3 is 15.1 Å². The first kappa shape index (κ1) is 22.1. The minimum atomic E-state index is -4.56. The Bertz CT molecular complexity index is 1340. The molecule has 0 bridgehead atoms. The number of anilines is 1. The van der Waals surface area contributed by atoms with Gasteiger partial charge in [0, 0.05) is 7.05 Å². The van der Waals surface area contributed by atoms with Crippen LogP contribution < -0.4 is 10.6 Å². The zero-order chi connectivity index (χ0) is 23.8. The lowest BCUT2D eigenvalue weighted by molar-refractivity contribution is -0.123. The summed E-state index contributed by atoms with van der Waals surface area (Å²) in [4.78, 5) is 30.1. The molecule has 0 atom stereocenters. The number of fused-ring (bicyclic) bond motifs is 1. The molecule has 0 radical (unpaired) electrons. The van der Waals surface area contributed by atoms with Crippen LogP contribution in [0.1, 0.15) is 26.4 Å². The van der Waals surface area contributed by atoms with Crippen LogP contribution in [0.2, 0.25) is 0 Å². The van der Waals surface area contributed by atoms with Crippen molar-refractivity contribution in [1.82, 2.24) is 20.1 Å². The number of carbonyl (C=O) groups excluding carboxylic acids is 2. The maximum Gasteiger partial charge on any atom is 0.405 e. The summed E-state index contributed by atoms with van der Waals surface area (Å²) in [5.74, 6) is -1.10. The predicted octanol–water partition coefficient (Wildman–Crippen LogP) is 4.08. The molecule has 1 aromatic carbocycles. The fourth-order valence-corrected chi connectivity index (χ4v) is 3.43. The fraction of sp³-hybridized carbons (Fsp3) is 0.182. The number of aromatic nitrogens is 3. The van der Waals surface area contributed by atoms with Crippen LogP contribution in [0.15, 0.2) is 53.1 Å². The number of rotatable bonds is 5. The molecule has 0 aliphatic carbocycles. The molecule has 3 heterocycles. The number of nitrogens with one attached hydrogen (secondary N) is 2. The third kappa shape index (κ3) is 4.56. The van der Waals surface area contributed by atoms with Crippen molar-refractivity contribution in [3.63, 3.8) is 0 Å². The average molecular weight is 457 g/mol. The summed E-state index contributed by atoms with van der Waals surface area (Å²) in [5.41, 5.74) is 1.59. The number of para-hydroxylation sites is 1. The van der Waals surface area contributed by atoms with Crippen molar-refractivity contribution >= 4 is 28.5 Å². The van der Waals surface area contributed by atoms with E-state index in [0.717, 1.165) is 0 Å². The van der Waals surface area contributed by atoms with E-state index in [4.69, 9.17) is 4.42 Å². The predicted molar refractivity (Wildman–Crippen MR) is 114 cm³/mol. The Kier molecular flexibility index (Phi) is 5.62. The molecule has 0 aliphatic heterocycles. The van der Waals surface area contributed by atoms with Gasteiger partial charge in [-0.25, -0.2) is 4.98 Å². The van der Waals surface area contributed by atoms with Crippen molar-refractivity contribution in [2.75, 3.05) is 11.9 Å². The quantitative estimate of drug-likeness (QED) is 0.470. The van der Waals surface area contributed by atoms with Crippen LogP contribution in [0.25, 0.3) is 22.5 Å². The zero-order valence-electron chi connectivity index (χ0n) is 17.5. The Morgan fingerprint density at radius 2 is 1.85 bits per heavy atom. The number of furan rings is 1. The van der Waals surface area contributed by atoms with E-state index in [2.05, 4.69) is 15.4 Å². The van der Waals surface area contributed by atoms with Crippen LogP contribution in [0.4, 0.5) is 18.9 Å². The maximum absolute atomic E-state index is 13.3. The molecule has 2 amide bonds. The van der Waals surface area contributed by atoms with Gasteiger partial charge in [0.25, 0.3) is 11.8 Å². The van der Waals surface area contributed by atoms with E-state index in [0.29, 0.717) is 28.2 Å². The highest BCUT2D eigenvalue weighted by Crippen LogP contribution is 2.28. The van der Waals surface area contributed by atoms with Gasteiger partial charge >= 0.3 is 6.18 Å². The van der Waals surface area contributed by atoms with Crippen LogP contribution in [0, 0.1) is 6.92 Å². The lowest BCUT2D eigenvalue weighted by Gasteiger charge is -2.13. The molecule has 11 heteroatoms. The van der Waals surface area contributed by atoms with E-state index in [-0.39, 0.29) is 16.8 Å². The summed E-state index contributed by atoms with van der Waals surface area (Å²) in [6.45, 7) is 0.242. The van der Waals surface area contributed by atoms with E-state index >= 15 is 0 Å². The topological polar surface area (TPSA) is 102 Å². The molecule has 2 N–H and O–H groups in total. The fourth-order valence-electron chi connectivity index (χ4n) is 3.43. The summed E-state index contributed by atoms with van der Waals surface area (Å²) >= 11 is 0. The molecule has 0 saturated carbocycles. The molecule has 0 spiro atoms. The smallest absolute Gasteiger partial charge is 0.405 e. The third-order valence-corrected chi connectivity index (χ3v) is 4.86. The second-order valence-corrected chi connectivity index (χ2v) is 7.24. The number of aryl methyl sites for hydroxylation is 2. The minimum Gasteiger partial charge on any atom is -0.463 e. The van der Waals surface area contributed by atoms with E-state index in [1.54, 1.807) is 32.2 Å². The molecule has 0 unspecified atom stereocenters. The first-order chi connectivity index (χ1) is 15.6. The van der Waals surface area contributed by atoms with Gasteiger partial charge in [-0.05, 0) is 37.3 Å². The van der Waals surface area contributed by atoms with Gasteiger partial charge in [0.1, 0.15) is 12.2 Å². The van der Waals surface area contributed by atoms with Crippen molar-refractivity contribution in [3.8, 4) is 11.5 Å². The second-order valence-electron chi connectivity index (χ2n) is 7.24. The minimum absolute atomic E-state index is 0.0632. The number of alkyl halides is 3. The summed E-state index contributed by atoms with van der Waals surface area (Å²) < 4.78 is 44.4. The molecule has 0 fully saturated rings. The Morgan fingerprint density at radius 3 is 2.55 bits per heavy atom. The Morgan fingerprint density at radius 1 is 1.09 bits per heavy atom. The summed E-state index contributed by atoms with van der Waals surface area (Å²) in [7, 11) is 1.69. The normalized spacial score (nSPS) is 11.5. The van der Waals surface area contributed by atoms with Gasteiger partial charge in [0.2, 0.25) is 0 Å². The SMILES string of the molecule is Cc1nn(C)c2nc(-c3ccco3)cc(C(=O)Nc3ccccc3C(=O)NCC(F)(F)F)c12. The maximum atomic E-state index is 13.3.